The predicted octanol–water partition coefficient (Wildman–Crippen LogP) is 2.62. The van der Waals surface area contributed by atoms with Gasteiger partial charge in [-0.05, 0) is 62.8 Å². The van der Waals surface area contributed by atoms with Crippen LogP contribution in [0.3, 0.4) is 0 Å². The minimum absolute atomic E-state index is 0.521. The molecule has 17 heavy (non-hydrogen) atoms. The Morgan fingerprint density at radius 3 is 2.65 bits per heavy atom. The molecule has 2 bridgehead atoms. The first-order valence-corrected chi connectivity index (χ1v) is 7.79. The Balaban J connectivity index is 1.62. The molecule has 1 heterocycles. The van der Waals surface area contributed by atoms with Gasteiger partial charge in [-0.1, -0.05) is 13.3 Å². The summed E-state index contributed by atoms with van der Waals surface area (Å²) < 4.78 is 0. The minimum atomic E-state index is 0.521. The van der Waals surface area contributed by atoms with Crippen molar-refractivity contribution in [3.63, 3.8) is 0 Å². The summed E-state index contributed by atoms with van der Waals surface area (Å²) in [5.74, 6) is 2.66. The number of nitrogens with two attached hydrogens (primary N) is 1. The third-order valence-corrected chi connectivity index (χ3v) is 5.82. The summed E-state index contributed by atoms with van der Waals surface area (Å²) in [4.78, 5) is 2.77. The van der Waals surface area contributed by atoms with Crippen LogP contribution in [0.5, 0.6) is 0 Å². The number of piperidine rings is 1. The van der Waals surface area contributed by atoms with E-state index in [1.165, 1.54) is 58.0 Å². The fraction of sp³-hybridized carbons (Fsp3) is 1.00. The molecule has 5 atom stereocenters. The van der Waals surface area contributed by atoms with Gasteiger partial charge in [0.1, 0.15) is 0 Å². The highest BCUT2D eigenvalue weighted by molar-refractivity contribution is 5.00. The standard InChI is InChI=1S/C15H28N2/c1-2-13-5-3-4-8-17(13)10-14-11-6-7-12(9-11)15(14)16/h11-15H,2-10,16H2,1H3. The Hall–Kier alpha value is -0.0800. The molecule has 3 rings (SSSR count). The largest absolute Gasteiger partial charge is 0.327 e. The van der Waals surface area contributed by atoms with Crippen LogP contribution < -0.4 is 5.73 Å². The van der Waals surface area contributed by atoms with E-state index in [1.54, 1.807) is 0 Å². The Bertz CT molecular complexity index is 264. The average Bonchev–Trinajstić information content (AvgIpc) is 2.93. The van der Waals surface area contributed by atoms with E-state index in [2.05, 4.69) is 11.8 Å². The Morgan fingerprint density at radius 1 is 1.12 bits per heavy atom. The van der Waals surface area contributed by atoms with E-state index < -0.39 is 0 Å². The lowest BCUT2D eigenvalue weighted by atomic mass is 9.83. The minimum Gasteiger partial charge on any atom is -0.327 e. The molecule has 0 aromatic carbocycles. The molecule has 2 N–H and O–H groups in total. The van der Waals surface area contributed by atoms with Crippen LogP contribution in [0.25, 0.3) is 0 Å². The molecule has 2 heteroatoms. The molecule has 98 valence electrons. The van der Waals surface area contributed by atoms with E-state index in [0.29, 0.717) is 6.04 Å². The number of fused-ring (bicyclic) bond motifs is 2. The summed E-state index contributed by atoms with van der Waals surface area (Å²) in [7, 11) is 0. The fourth-order valence-corrected chi connectivity index (χ4v) is 4.76. The van der Waals surface area contributed by atoms with Gasteiger partial charge >= 0.3 is 0 Å². The first-order valence-electron chi connectivity index (χ1n) is 7.79. The maximum Gasteiger partial charge on any atom is 0.0111 e. The van der Waals surface area contributed by atoms with Crippen LogP contribution in [0.4, 0.5) is 0 Å². The second-order valence-electron chi connectivity index (χ2n) is 6.63. The van der Waals surface area contributed by atoms with E-state index in [-0.39, 0.29) is 0 Å². The summed E-state index contributed by atoms with van der Waals surface area (Å²) in [6, 6.07) is 1.38. The van der Waals surface area contributed by atoms with Gasteiger partial charge in [-0.3, -0.25) is 0 Å². The maximum atomic E-state index is 6.44. The summed E-state index contributed by atoms with van der Waals surface area (Å²) in [6.07, 6.45) is 9.93. The van der Waals surface area contributed by atoms with Crippen molar-refractivity contribution in [2.75, 3.05) is 13.1 Å². The first kappa shape index (κ1) is 12.0. The van der Waals surface area contributed by atoms with Gasteiger partial charge in [-0.15, -0.1) is 0 Å². The van der Waals surface area contributed by atoms with Gasteiger partial charge < -0.3 is 10.6 Å². The lowest BCUT2D eigenvalue weighted by Gasteiger charge is -2.40. The monoisotopic (exact) mass is 236 g/mol. The lowest BCUT2D eigenvalue weighted by molar-refractivity contribution is 0.0980. The molecule has 3 aliphatic rings. The van der Waals surface area contributed by atoms with Crippen molar-refractivity contribution < 1.29 is 0 Å². The summed E-state index contributed by atoms with van der Waals surface area (Å²) in [6.45, 7) is 4.99. The van der Waals surface area contributed by atoms with Crippen LogP contribution >= 0.6 is 0 Å². The summed E-state index contributed by atoms with van der Waals surface area (Å²) in [5.41, 5.74) is 6.44. The van der Waals surface area contributed by atoms with Crippen molar-refractivity contribution in [2.45, 2.75) is 64.0 Å². The molecule has 5 unspecified atom stereocenters. The quantitative estimate of drug-likeness (QED) is 0.816. The molecule has 2 nitrogen and oxygen atoms in total. The Labute approximate surface area is 106 Å². The van der Waals surface area contributed by atoms with E-state index in [4.69, 9.17) is 5.73 Å². The number of rotatable bonds is 3. The highest BCUT2D eigenvalue weighted by Gasteiger charge is 2.46. The van der Waals surface area contributed by atoms with Gasteiger partial charge in [-0.25, -0.2) is 0 Å². The number of hydrogen-bond acceptors (Lipinski definition) is 2. The van der Waals surface area contributed by atoms with Crippen molar-refractivity contribution in [3.8, 4) is 0 Å². The average molecular weight is 236 g/mol. The summed E-state index contributed by atoms with van der Waals surface area (Å²) in [5, 5.41) is 0. The molecule has 2 saturated carbocycles. The summed E-state index contributed by atoms with van der Waals surface area (Å²) >= 11 is 0. The van der Waals surface area contributed by atoms with Crippen molar-refractivity contribution in [2.24, 2.45) is 23.5 Å². The van der Waals surface area contributed by atoms with E-state index >= 15 is 0 Å². The second kappa shape index (κ2) is 4.89. The van der Waals surface area contributed by atoms with Crippen molar-refractivity contribution in [3.05, 3.63) is 0 Å². The van der Waals surface area contributed by atoms with Gasteiger partial charge in [0.05, 0.1) is 0 Å². The van der Waals surface area contributed by atoms with Crippen LogP contribution in [0, 0.1) is 17.8 Å². The number of nitrogens with zero attached hydrogens (tertiary/aromatic N) is 1. The molecular weight excluding hydrogens is 208 g/mol. The SMILES string of the molecule is CCC1CCCCN1CC1C2CCC(C2)C1N. The second-order valence-corrected chi connectivity index (χ2v) is 6.63. The zero-order valence-electron chi connectivity index (χ0n) is 11.3. The molecule has 1 saturated heterocycles. The van der Waals surface area contributed by atoms with Gasteiger partial charge in [-0.2, -0.15) is 0 Å². The van der Waals surface area contributed by atoms with E-state index in [1.807, 2.05) is 0 Å². The van der Waals surface area contributed by atoms with Crippen molar-refractivity contribution in [1.82, 2.24) is 4.90 Å². The topological polar surface area (TPSA) is 29.3 Å². The first-order chi connectivity index (χ1) is 8.29. The van der Waals surface area contributed by atoms with Crippen LogP contribution in [0.2, 0.25) is 0 Å². The fourth-order valence-electron chi connectivity index (χ4n) is 4.76. The Morgan fingerprint density at radius 2 is 1.94 bits per heavy atom. The molecule has 2 aliphatic carbocycles. The Kier molecular flexibility index (Phi) is 3.45. The van der Waals surface area contributed by atoms with Crippen LogP contribution in [0.15, 0.2) is 0 Å². The molecule has 0 spiro atoms. The smallest absolute Gasteiger partial charge is 0.0111 e. The zero-order valence-corrected chi connectivity index (χ0v) is 11.3. The van der Waals surface area contributed by atoms with Gasteiger partial charge in [0.2, 0.25) is 0 Å². The predicted molar refractivity (Wildman–Crippen MR) is 71.8 cm³/mol. The highest BCUT2D eigenvalue weighted by Crippen LogP contribution is 2.48. The third-order valence-electron chi connectivity index (χ3n) is 5.82. The molecule has 1 aliphatic heterocycles. The van der Waals surface area contributed by atoms with Gasteiger partial charge in [0.15, 0.2) is 0 Å². The van der Waals surface area contributed by atoms with Crippen LogP contribution in [-0.2, 0) is 0 Å². The van der Waals surface area contributed by atoms with Gasteiger partial charge in [0.25, 0.3) is 0 Å². The van der Waals surface area contributed by atoms with Crippen molar-refractivity contribution >= 4 is 0 Å². The molecule has 3 fully saturated rings. The molecule has 0 radical (unpaired) electrons. The van der Waals surface area contributed by atoms with Crippen molar-refractivity contribution in [1.29, 1.82) is 0 Å². The molecule has 0 aromatic rings. The number of hydrogen-bond donors (Lipinski definition) is 1. The number of likely N-dealkylation sites (tertiary alicyclic amines) is 1. The molecule has 0 amide bonds. The van der Waals surface area contributed by atoms with E-state index in [9.17, 15) is 0 Å². The zero-order chi connectivity index (χ0) is 11.8. The van der Waals surface area contributed by atoms with E-state index in [0.717, 1.165) is 23.8 Å². The lowest BCUT2D eigenvalue weighted by Crippen LogP contribution is -2.47. The molecular formula is C15H28N2. The van der Waals surface area contributed by atoms with Crippen LogP contribution in [-0.4, -0.2) is 30.1 Å². The maximum absolute atomic E-state index is 6.44. The van der Waals surface area contributed by atoms with Crippen LogP contribution in [0.1, 0.15) is 51.9 Å². The highest BCUT2D eigenvalue weighted by atomic mass is 15.2. The third kappa shape index (κ3) is 2.15. The van der Waals surface area contributed by atoms with Gasteiger partial charge in [0, 0.05) is 18.6 Å². The normalized spacial score (nSPS) is 46.6. The molecule has 0 aromatic heterocycles.